The van der Waals surface area contributed by atoms with E-state index in [9.17, 15) is 18.8 Å². The van der Waals surface area contributed by atoms with Gasteiger partial charge in [0.1, 0.15) is 17.4 Å². The minimum absolute atomic E-state index is 0.0954. The normalized spacial score (nSPS) is 11.2. The average Bonchev–Trinajstić information content (AvgIpc) is 3.42. The molecule has 3 heterocycles. The molecule has 1 aromatic carbocycles. The van der Waals surface area contributed by atoms with Gasteiger partial charge in [-0.05, 0) is 36.8 Å². The van der Waals surface area contributed by atoms with Gasteiger partial charge in [-0.1, -0.05) is 19.4 Å². The minimum Gasteiger partial charge on any atom is -0.467 e. The number of aromatic nitrogens is 2. The molecule has 0 fully saturated rings. The first kappa shape index (κ1) is 21.6. The molecule has 32 heavy (non-hydrogen) atoms. The summed E-state index contributed by atoms with van der Waals surface area (Å²) >= 11 is 1.10. The van der Waals surface area contributed by atoms with Gasteiger partial charge in [0.2, 0.25) is 0 Å². The highest BCUT2D eigenvalue weighted by Crippen LogP contribution is 2.31. The molecular formula is C22H21FN4O4S. The van der Waals surface area contributed by atoms with E-state index >= 15 is 0 Å². The van der Waals surface area contributed by atoms with Gasteiger partial charge in [0, 0.05) is 16.6 Å². The molecule has 3 N–H and O–H groups in total. The number of halogens is 1. The molecule has 0 atom stereocenters. The quantitative estimate of drug-likeness (QED) is 0.440. The van der Waals surface area contributed by atoms with Crippen molar-refractivity contribution in [3.8, 4) is 0 Å². The molecule has 0 bridgehead atoms. The Morgan fingerprint density at radius 1 is 1.28 bits per heavy atom. The third kappa shape index (κ3) is 3.96. The van der Waals surface area contributed by atoms with E-state index in [1.165, 1.54) is 23.0 Å². The van der Waals surface area contributed by atoms with E-state index in [1.54, 1.807) is 24.3 Å². The summed E-state index contributed by atoms with van der Waals surface area (Å²) in [7, 11) is 0. The van der Waals surface area contributed by atoms with Gasteiger partial charge >= 0.3 is 5.69 Å². The number of nitrogens with one attached hydrogen (secondary N) is 1. The van der Waals surface area contributed by atoms with Crippen LogP contribution in [0.5, 0.6) is 0 Å². The predicted molar refractivity (Wildman–Crippen MR) is 122 cm³/mol. The van der Waals surface area contributed by atoms with Crippen LogP contribution in [-0.4, -0.2) is 15.5 Å². The molecule has 3 aromatic heterocycles. The van der Waals surface area contributed by atoms with E-state index in [-0.39, 0.29) is 22.9 Å². The second-order valence-electron chi connectivity index (χ2n) is 7.23. The summed E-state index contributed by atoms with van der Waals surface area (Å²) in [5.41, 5.74) is 4.66. The zero-order valence-electron chi connectivity index (χ0n) is 17.3. The van der Waals surface area contributed by atoms with E-state index in [1.807, 2.05) is 6.92 Å². The molecule has 0 aliphatic carbocycles. The van der Waals surface area contributed by atoms with Gasteiger partial charge < -0.3 is 10.2 Å². The summed E-state index contributed by atoms with van der Waals surface area (Å²) in [6, 6.07) is 9.35. The lowest BCUT2D eigenvalue weighted by atomic mass is 10.2. The predicted octanol–water partition coefficient (Wildman–Crippen LogP) is 3.71. The number of anilines is 2. The van der Waals surface area contributed by atoms with Gasteiger partial charge in [-0.25, -0.2) is 9.18 Å². The molecule has 0 aliphatic heterocycles. The number of nitrogen functional groups attached to an aromatic ring is 1. The number of hydrogen-bond donors (Lipinski definition) is 2. The topological polar surface area (TPSA) is 114 Å². The van der Waals surface area contributed by atoms with Gasteiger partial charge in [-0.3, -0.25) is 24.0 Å². The number of H-pyrrole nitrogens is 1. The lowest BCUT2D eigenvalue weighted by Crippen LogP contribution is -2.40. The van der Waals surface area contributed by atoms with E-state index in [0.717, 1.165) is 22.7 Å². The Bertz CT molecular complexity index is 1390. The minimum atomic E-state index is -0.785. The van der Waals surface area contributed by atoms with Crippen molar-refractivity contribution in [1.29, 1.82) is 0 Å². The third-order valence-electron chi connectivity index (χ3n) is 5.08. The fraction of sp³-hybridized carbons (Fsp3) is 0.227. The zero-order chi connectivity index (χ0) is 22.8. The first-order valence-corrected chi connectivity index (χ1v) is 10.9. The van der Waals surface area contributed by atoms with Crippen molar-refractivity contribution in [2.24, 2.45) is 0 Å². The molecular weight excluding hydrogens is 435 g/mol. The van der Waals surface area contributed by atoms with Gasteiger partial charge in [0.05, 0.1) is 17.7 Å². The Balaban J connectivity index is 1.86. The highest BCUT2D eigenvalue weighted by atomic mass is 32.1. The first-order valence-electron chi connectivity index (χ1n) is 10.1. The van der Waals surface area contributed by atoms with Crippen molar-refractivity contribution in [1.82, 2.24) is 9.55 Å². The van der Waals surface area contributed by atoms with Crippen molar-refractivity contribution in [2.45, 2.75) is 32.9 Å². The maximum absolute atomic E-state index is 14.2. The van der Waals surface area contributed by atoms with E-state index in [2.05, 4.69) is 4.98 Å². The molecule has 0 saturated carbocycles. The number of carbonyl (C=O) groups is 1. The highest BCUT2D eigenvalue weighted by Gasteiger charge is 2.27. The van der Waals surface area contributed by atoms with Crippen LogP contribution in [0.25, 0.3) is 10.1 Å². The second kappa shape index (κ2) is 8.83. The van der Waals surface area contributed by atoms with Gasteiger partial charge in [-0.15, -0.1) is 11.3 Å². The van der Waals surface area contributed by atoms with Crippen LogP contribution in [0.1, 0.15) is 35.2 Å². The molecule has 0 unspecified atom stereocenters. The monoisotopic (exact) mass is 456 g/mol. The summed E-state index contributed by atoms with van der Waals surface area (Å²) in [5, 5.41) is 0.314. The SMILES string of the molecule is CCCCn1c(N)c(N(Cc2ccco2)C(=O)c2cc3c(F)cccc3s2)c(=O)[nH]c1=O. The second-order valence-corrected chi connectivity index (χ2v) is 8.32. The van der Waals surface area contributed by atoms with E-state index in [0.29, 0.717) is 28.8 Å². The Morgan fingerprint density at radius 3 is 2.78 bits per heavy atom. The number of nitrogens with two attached hydrogens (primary N) is 1. The van der Waals surface area contributed by atoms with Crippen molar-refractivity contribution in [3.05, 3.63) is 80.0 Å². The number of fused-ring (bicyclic) bond motifs is 1. The molecule has 0 spiro atoms. The number of benzene rings is 1. The number of unbranched alkanes of at least 4 members (excludes halogenated alkanes) is 1. The molecule has 0 saturated heterocycles. The molecule has 8 nitrogen and oxygen atoms in total. The molecule has 4 aromatic rings. The summed E-state index contributed by atoms with van der Waals surface area (Å²) in [6.45, 7) is 2.16. The first-order chi connectivity index (χ1) is 15.4. The maximum Gasteiger partial charge on any atom is 0.330 e. The third-order valence-corrected chi connectivity index (χ3v) is 6.17. The lowest BCUT2D eigenvalue weighted by molar-refractivity contribution is 0.0987. The summed E-state index contributed by atoms with van der Waals surface area (Å²) in [5.74, 6) is -0.698. The number of aromatic amines is 1. The standard InChI is InChI=1S/C22H21FN4O4S/c1-2-3-9-26-19(24)18(20(28)25-22(26)30)27(12-13-6-5-10-31-13)21(29)17-11-14-15(23)7-4-8-16(14)32-17/h4-8,10-11H,2-3,9,12,24H2,1H3,(H,25,28,30). The molecule has 0 radical (unpaired) electrons. The van der Waals surface area contributed by atoms with Gasteiger partial charge in [0.15, 0.2) is 5.69 Å². The number of carbonyl (C=O) groups excluding carboxylic acids is 1. The molecule has 1 amide bonds. The van der Waals surface area contributed by atoms with Gasteiger partial charge in [-0.2, -0.15) is 0 Å². The van der Waals surface area contributed by atoms with Crippen molar-refractivity contribution in [2.75, 3.05) is 10.6 Å². The zero-order valence-corrected chi connectivity index (χ0v) is 18.1. The molecule has 4 rings (SSSR count). The number of thiophene rings is 1. The number of nitrogens with zero attached hydrogens (tertiary/aromatic N) is 2. The van der Waals surface area contributed by atoms with Crippen LogP contribution in [0.15, 0.2) is 56.7 Å². The van der Waals surface area contributed by atoms with Crippen LogP contribution in [0, 0.1) is 5.82 Å². The number of rotatable bonds is 7. The van der Waals surface area contributed by atoms with Crippen LogP contribution in [0.2, 0.25) is 0 Å². The lowest BCUT2D eigenvalue weighted by Gasteiger charge is -2.23. The maximum atomic E-state index is 14.2. The fourth-order valence-electron chi connectivity index (χ4n) is 3.45. The molecule has 10 heteroatoms. The van der Waals surface area contributed by atoms with Gasteiger partial charge in [0.25, 0.3) is 11.5 Å². The van der Waals surface area contributed by atoms with Crippen LogP contribution in [0.3, 0.4) is 0 Å². The van der Waals surface area contributed by atoms with E-state index in [4.69, 9.17) is 10.2 Å². The van der Waals surface area contributed by atoms with Crippen LogP contribution >= 0.6 is 11.3 Å². The van der Waals surface area contributed by atoms with Crippen molar-refractivity contribution < 1.29 is 13.6 Å². The molecule has 166 valence electrons. The summed E-state index contributed by atoms with van der Waals surface area (Å²) in [6.07, 6.45) is 2.92. The Hall–Kier alpha value is -3.66. The Labute approximate surface area is 185 Å². The molecule has 0 aliphatic rings. The van der Waals surface area contributed by atoms with Crippen LogP contribution < -0.4 is 21.9 Å². The fourth-order valence-corrected chi connectivity index (χ4v) is 4.48. The summed E-state index contributed by atoms with van der Waals surface area (Å²) in [4.78, 5) is 42.3. The van der Waals surface area contributed by atoms with Crippen molar-refractivity contribution in [3.63, 3.8) is 0 Å². The number of hydrogen-bond acceptors (Lipinski definition) is 6. The smallest absolute Gasteiger partial charge is 0.330 e. The average molecular weight is 456 g/mol. The number of furan rings is 1. The van der Waals surface area contributed by atoms with Crippen LogP contribution in [0.4, 0.5) is 15.9 Å². The summed E-state index contributed by atoms with van der Waals surface area (Å²) < 4.78 is 21.4. The van der Waals surface area contributed by atoms with E-state index < -0.39 is 23.0 Å². The van der Waals surface area contributed by atoms with Crippen molar-refractivity contribution >= 4 is 38.8 Å². The number of amides is 1. The Morgan fingerprint density at radius 2 is 2.09 bits per heavy atom. The van der Waals surface area contributed by atoms with Crippen LogP contribution in [-0.2, 0) is 13.1 Å². The highest BCUT2D eigenvalue weighted by molar-refractivity contribution is 7.20. The Kier molecular flexibility index (Phi) is 5.95. The largest absolute Gasteiger partial charge is 0.467 e.